The van der Waals surface area contributed by atoms with E-state index in [2.05, 4.69) is 31.4 Å². The third-order valence-corrected chi connectivity index (χ3v) is 5.49. The molecule has 1 fully saturated rings. The van der Waals surface area contributed by atoms with Crippen molar-refractivity contribution in [3.8, 4) is 5.75 Å². The minimum atomic E-state index is -0.509. The van der Waals surface area contributed by atoms with Crippen molar-refractivity contribution in [3.63, 3.8) is 0 Å². The molecule has 0 bridgehead atoms. The summed E-state index contributed by atoms with van der Waals surface area (Å²) in [4.78, 5) is 27.3. The number of hydrogen-bond acceptors (Lipinski definition) is 4. The van der Waals surface area contributed by atoms with Crippen LogP contribution in [0.25, 0.3) is 0 Å². The van der Waals surface area contributed by atoms with Crippen molar-refractivity contribution in [2.24, 2.45) is 0 Å². The Bertz CT molecular complexity index is 832. The molecule has 1 unspecified atom stereocenters. The summed E-state index contributed by atoms with van der Waals surface area (Å²) in [6, 6.07) is 6.60. The summed E-state index contributed by atoms with van der Waals surface area (Å²) in [6.07, 6.45) is 1.42. The normalized spacial score (nSPS) is 16.6. The lowest BCUT2D eigenvalue weighted by Gasteiger charge is -2.23. The highest BCUT2D eigenvalue weighted by molar-refractivity contribution is 9.10. The van der Waals surface area contributed by atoms with Gasteiger partial charge in [-0.2, -0.15) is 5.10 Å². The maximum absolute atomic E-state index is 13.0. The van der Waals surface area contributed by atoms with Gasteiger partial charge in [0.15, 0.2) is 5.69 Å². The lowest BCUT2D eigenvalue weighted by Crippen LogP contribution is -2.43. The van der Waals surface area contributed by atoms with E-state index in [9.17, 15) is 9.59 Å². The molecule has 1 atom stereocenters. The molecule has 3 rings (SSSR count). The zero-order chi connectivity index (χ0) is 19.6. The van der Waals surface area contributed by atoms with Gasteiger partial charge in [0.25, 0.3) is 5.91 Å². The number of aromatic amines is 1. The highest BCUT2D eigenvalue weighted by atomic mass is 79.9. The molecule has 0 radical (unpaired) electrons. The van der Waals surface area contributed by atoms with Crippen LogP contribution in [0.1, 0.15) is 48.8 Å². The van der Waals surface area contributed by atoms with Crippen LogP contribution in [0.2, 0.25) is 0 Å². The van der Waals surface area contributed by atoms with Crippen molar-refractivity contribution in [1.29, 1.82) is 0 Å². The second-order valence-corrected chi connectivity index (χ2v) is 7.62. The van der Waals surface area contributed by atoms with Gasteiger partial charge in [0, 0.05) is 12.2 Å². The van der Waals surface area contributed by atoms with Gasteiger partial charge in [0.05, 0.1) is 17.3 Å². The van der Waals surface area contributed by atoms with Crippen LogP contribution in [0.5, 0.6) is 5.75 Å². The maximum atomic E-state index is 13.0. The molecule has 1 aromatic carbocycles. The number of likely N-dealkylation sites (tertiary alicyclic amines) is 1. The van der Waals surface area contributed by atoms with Crippen molar-refractivity contribution < 1.29 is 14.3 Å². The smallest absolute Gasteiger partial charge is 0.276 e. The largest absolute Gasteiger partial charge is 0.497 e. The molecule has 8 heteroatoms. The monoisotopic (exact) mass is 434 g/mol. The molecule has 2 N–H and O–H groups in total. The highest BCUT2D eigenvalue weighted by Gasteiger charge is 2.36. The molecule has 1 saturated heterocycles. The van der Waals surface area contributed by atoms with Gasteiger partial charge in [-0.1, -0.05) is 13.8 Å². The Morgan fingerprint density at radius 1 is 1.33 bits per heavy atom. The molecule has 7 nitrogen and oxygen atoms in total. The lowest BCUT2D eigenvalue weighted by atomic mass is 10.1. The van der Waals surface area contributed by atoms with E-state index in [0.29, 0.717) is 28.8 Å². The van der Waals surface area contributed by atoms with Crippen molar-refractivity contribution >= 4 is 33.4 Å². The van der Waals surface area contributed by atoms with Crippen LogP contribution in [0, 0.1) is 0 Å². The number of H-pyrrole nitrogens is 1. The van der Waals surface area contributed by atoms with Gasteiger partial charge in [-0.25, -0.2) is 0 Å². The SMILES string of the molecule is COc1ccc(NC(=O)C2CCCN2C(=O)c2n[nH]c(C(C)C)c2Br)cc1. The minimum absolute atomic E-state index is 0.193. The number of hydrogen-bond donors (Lipinski definition) is 2. The number of carbonyl (C=O) groups excluding carboxylic acids is 2. The maximum Gasteiger partial charge on any atom is 0.276 e. The number of anilines is 1. The Kier molecular flexibility index (Phi) is 5.84. The zero-order valence-corrected chi connectivity index (χ0v) is 17.2. The summed E-state index contributed by atoms with van der Waals surface area (Å²) in [6.45, 7) is 4.58. The summed E-state index contributed by atoms with van der Waals surface area (Å²) in [5, 5.41) is 9.97. The molecule has 1 aromatic heterocycles. The number of rotatable bonds is 5. The zero-order valence-electron chi connectivity index (χ0n) is 15.6. The molecule has 144 valence electrons. The van der Waals surface area contributed by atoms with Crippen molar-refractivity contribution in [3.05, 3.63) is 40.1 Å². The van der Waals surface area contributed by atoms with Crippen molar-refractivity contribution in [2.45, 2.75) is 38.6 Å². The van der Waals surface area contributed by atoms with Gasteiger partial charge < -0.3 is 15.0 Å². The molecular formula is C19H23BrN4O3. The fourth-order valence-corrected chi connectivity index (χ4v) is 3.99. The van der Waals surface area contributed by atoms with Gasteiger partial charge in [0.2, 0.25) is 5.91 Å². The second kappa shape index (κ2) is 8.12. The first-order valence-electron chi connectivity index (χ1n) is 8.92. The first-order chi connectivity index (χ1) is 12.9. The summed E-state index contributed by atoms with van der Waals surface area (Å²) in [5.41, 5.74) is 1.86. The van der Waals surface area contributed by atoms with E-state index >= 15 is 0 Å². The molecule has 27 heavy (non-hydrogen) atoms. The van der Waals surface area contributed by atoms with Crippen LogP contribution in [0.15, 0.2) is 28.7 Å². The number of nitrogens with one attached hydrogen (secondary N) is 2. The molecule has 2 amide bonds. The lowest BCUT2D eigenvalue weighted by molar-refractivity contribution is -0.119. The van der Waals surface area contributed by atoms with Crippen LogP contribution in [-0.4, -0.2) is 46.6 Å². The Hall–Kier alpha value is -2.35. The summed E-state index contributed by atoms with van der Waals surface area (Å²) in [5.74, 6) is 0.496. The number of amides is 2. The quantitative estimate of drug-likeness (QED) is 0.752. The predicted octanol–water partition coefficient (Wildman–Crippen LogP) is 3.55. The van der Waals surface area contributed by atoms with Gasteiger partial charge >= 0.3 is 0 Å². The molecule has 1 aliphatic heterocycles. The van der Waals surface area contributed by atoms with Crippen molar-refractivity contribution in [2.75, 3.05) is 19.0 Å². The molecular weight excluding hydrogens is 412 g/mol. The fourth-order valence-electron chi connectivity index (χ4n) is 3.18. The molecule has 2 heterocycles. The number of aromatic nitrogens is 2. The van der Waals surface area contributed by atoms with Crippen LogP contribution in [0.3, 0.4) is 0 Å². The number of benzene rings is 1. The second-order valence-electron chi connectivity index (χ2n) is 6.83. The van der Waals surface area contributed by atoms with Crippen LogP contribution >= 0.6 is 15.9 Å². The van der Waals surface area contributed by atoms with Crippen LogP contribution in [-0.2, 0) is 4.79 Å². The Morgan fingerprint density at radius 2 is 2.04 bits per heavy atom. The van der Waals surface area contributed by atoms with E-state index < -0.39 is 6.04 Å². The average molecular weight is 435 g/mol. The van der Waals surface area contributed by atoms with Crippen molar-refractivity contribution in [1.82, 2.24) is 15.1 Å². The number of ether oxygens (including phenoxy) is 1. The van der Waals surface area contributed by atoms with E-state index in [0.717, 1.165) is 17.9 Å². The Balaban J connectivity index is 1.74. The first-order valence-corrected chi connectivity index (χ1v) is 9.71. The minimum Gasteiger partial charge on any atom is -0.497 e. The van der Waals surface area contributed by atoms with E-state index in [4.69, 9.17) is 4.74 Å². The fraction of sp³-hybridized carbons (Fsp3) is 0.421. The average Bonchev–Trinajstić information content (AvgIpc) is 3.28. The molecule has 0 aliphatic carbocycles. The van der Waals surface area contributed by atoms with E-state index in [-0.39, 0.29) is 17.7 Å². The Labute approximate surface area is 166 Å². The third kappa shape index (κ3) is 4.00. The molecule has 2 aromatic rings. The predicted molar refractivity (Wildman–Crippen MR) is 106 cm³/mol. The number of methoxy groups -OCH3 is 1. The van der Waals surface area contributed by atoms with Gasteiger partial charge in [-0.05, 0) is 59.0 Å². The summed E-state index contributed by atoms with van der Waals surface area (Å²) < 4.78 is 5.79. The molecule has 1 aliphatic rings. The molecule has 0 spiro atoms. The van der Waals surface area contributed by atoms with Gasteiger partial charge in [0.1, 0.15) is 11.8 Å². The number of nitrogens with zero attached hydrogens (tertiary/aromatic N) is 2. The molecule has 0 saturated carbocycles. The van der Waals surface area contributed by atoms with Gasteiger partial charge in [-0.3, -0.25) is 14.7 Å². The number of carbonyl (C=O) groups is 2. The number of halogens is 1. The van der Waals surface area contributed by atoms with E-state index in [1.807, 2.05) is 13.8 Å². The van der Waals surface area contributed by atoms with E-state index in [1.165, 1.54) is 0 Å². The Morgan fingerprint density at radius 3 is 2.63 bits per heavy atom. The van der Waals surface area contributed by atoms with Gasteiger partial charge in [-0.15, -0.1) is 0 Å². The highest BCUT2D eigenvalue weighted by Crippen LogP contribution is 2.29. The van der Waals surface area contributed by atoms with Crippen LogP contribution in [0.4, 0.5) is 5.69 Å². The summed E-state index contributed by atoms with van der Waals surface area (Å²) >= 11 is 3.47. The van der Waals surface area contributed by atoms with E-state index in [1.54, 1.807) is 36.3 Å². The van der Waals surface area contributed by atoms with Crippen LogP contribution < -0.4 is 10.1 Å². The topological polar surface area (TPSA) is 87.3 Å². The third-order valence-electron chi connectivity index (χ3n) is 4.69. The summed E-state index contributed by atoms with van der Waals surface area (Å²) in [7, 11) is 1.59. The standard InChI is InChI=1S/C19H23BrN4O3/c1-11(2)16-15(20)17(23-22-16)19(26)24-10-4-5-14(24)18(25)21-12-6-8-13(27-3)9-7-12/h6-9,11,14H,4-5,10H2,1-3H3,(H,21,25)(H,22,23). The first kappa shape index (κ1) is 19.4.